The average Bonchev–Trinajstić information content (AvgIpc) is 2.56. The predicted molar refractivity (Wildman–Crippen MR) is 54.6 cm³/mol. The maximum atomic E-state index is 8.59. The van der Waals surface area contributed by atoms with Crippen molar-refractivity contribution in [1.82, 2.24) is 4.98 Å². The first-order chi connectivity index (χ1) is 6.79. The number of aliphatic hydroxyl groups is 1. The number of aromatic nitrogens is 1. The Labute approximate surface area is 85.5 Å². The number of hydrogen-bond donors (Lipinski definition) is 2. The number of rotatable bonds is 3. The Morgan fingerprint density at radius 2 is 2.36 bits per heavy atom. The third-order valence-corrected chi connectivity index (χ3v) is 1.97. The van der Waals surface area contributed by atoms with Crippen LogP contribution >= 0.6 is 11.6 Å². The molecular weight excluding hydrogens is 204 g/mol. The molecule has 1 aromatic carbocycles. The van der Waals surface area contributed by atoms with Crippen molar-refractivity contribution >= 4 is 28.7 Å². The fourth-order valence-electron chi connectivity index (χ4n) is 1.14. The van der Waals surface area contributed by atoms with E-state index in [1.54, 1.807) is 18.2 Å². The third kappa shape index (κ3) is 1.81. The highest BCUT2D eigenvalue weighted by molar-refractivity contribution is 6.31. The van der Waals surface area contributed by atoms with E-state index in [4.69, 9.17) is 21.1 Å². The second-order valence-corrected chi connectivity index (χ2v) is 3.22. The summed E-state index contributed by atoms with van der Waals surface area (Å²) in [6, 6.07) is 5.63. The summed E-state index contributed by atoms with van der Waals surface area (Å²) in [5.74, 6) is 0. The highest BCUT2D eigenvalue weighted by atomic mass is 35.5. The molecule has 0 aliphatic carbocycles. The maximum Gasteiger partial charge on any atom is 0.295 e. The number of fused-ring (bicyclic) bond motifs is 1. The zero-order valence-electron chi connectivity index (χ0n) is 7.33. The van der Waals surface area contributed by atoms with Gasteiger partial charge in [0.25, 0.3) is 6.01 Å². The lowest BCUT2D eigenvalue weighted by Gasteiger charge is -1.94. The van der Waals surface area contributed by atoms with Gasteiger partial charge in [-0.15, -0.1) is 0 Å². The number of nitrogens with zero attached hydrogens (tertiary/aromatic N) is 1. The number of aliphatic hydroxyl groups excluding tert-OH is 1. The highest BCUT2D eigenvalue weighted by Gasteiger charge is 2.04. The molecule has 5 heteroatoms. The van der Waals surface area contributed by atoms with Crippen LogP contribution in [0.3, 0.4) is 0 Å². The molecule has 2 aromatic rings. The lowest BCUT2D eigenvalue weighted by molar-refractivity contribution is 0.310. The van der Waals surface area contributed by atoms with Gasteiger partial charge < -0.3 is 14.8 Å². The smallest absolute Gasteiger partial charge is 0.295 e. The SMILES string of the molecule is OCCNc1nc2cc(Cl)ccc2o1. The molecular formula is C9H9ClN2O2. The Morgan fingerprint density at radius 1 is 1.50 bits per heavy atom. The molecule has 74 valence electrons. The van der Waals surface area contributed by atoms with E-state index in [0.717, 1.165) is 0 Å². The Kier molecular flexibility index (Phi) is 2.56. The van der Waals surface area contributed by atoms with Crippen LogP contribution in [0.1, 0.15) is 0 Å². The van der Waals surface area contributed by atoms with Gasteiger partial charge in [-0.3, -0.25) is 0 Å². The van der Waals surface area contributed by atoms with Crippen molar-refractivity contribution in [3.05, 3.63) is 23.2 Å². The summed E-state index contributed by atoms with van der Waals surface area (Å²) in [4.78, 5) is 4.14. The zero-order valence-corrected chi connectivity index (χ0v) is 8.08. The van der Waals surface area contributed by atoms with Gasteiger partial charge in [0.05, 0.1) is 6.61 Å². The molecule has 0 fully saturated rings. The van der Waals surface area contributed by atoms with Crippen molar-refractivity contribution in [3.8, 4) is 0 Å². The summed E-state index contributed by atoms with van der Waals surface area (Å²) in [6.07, 6.45) is 0. The first-order valence-corrected chi connectivity index (χ1v) is 4.58. The van der Waals surface area contributed by atoms with E-state index < -0.39 is 0 Å². The van der Waals surface area contributed by atoms with Crippen molar-refractivity contribution in [2.45, 2.75) is 0 Å². The van der Waals surface area contributed by atoms with Crippen LogP contribution in [0.25, 0.3) is 11.1 Å². The van der Waals surface area contributed by atoms with Crippen LogP contribution in [0, 0.1) is 0 Å². The normalized spacial score (nSPS) is 10.7. The van der Waals surface area contributed by atoms with Gasteiger partial charge in [-0.25, -0.2) is 0 Å². The van der Waals surface area contributed by atoms with Gasteiger partial charge in [0.2, 0.25) is 0 Å². The van der Waals surface area contributed by atoms with Crippen LogP contribution < -0.4 is 5.32 Å². The number of halogens is 1. The molecule has 0 radical (unpaired) electrons. The van der Waals surface area contributed by atoms with E-state index in [1.807, 2.05) is 0 Å². The van der Waals surface area contributed by atoms with Crippen molar-refractivity contribution in [2.24, 2.45) is 0 Å². The standard InChI is InChI=1S/C9H9ClN2O2/c10-6-1-2-8-7(5-6)12-9(14-8)11-3-4-13/h1-2,5,13H,3-4H2,(H,11,12). The van der Waals surface area contributed by atoms with Gasteiger partial charge in [-0.2, -0.15) is 4.98 Å². The number of anilines is 1. The summed E-state index contributed by atoms with van der Waals surface area (Å²) in [6.45, 7) is 0.458. The second-order valence-electron chi connectivity index (χ2n) is 2.78. The van der Waals surface area contributed by atoms with E-state index in [0.29, 0.717) is 28.7 Å². The quantitative estimate of drug-likeness (QED) is 0.816. The molecule has 0 aliphatic rings. The minimum atomic E-state index is 0.0412. The summed E-state index contributed by atoms with van der Waals surface area (Å²) in [5.41, 5.74) is 1.38. The first-order valence-electron chi connectivity index (χ1n) is 4.20. The van der Waals surface area contributed by atoms with Crippen LogP contribution in [0.5, 0.6) is 0 Å². The minimum Gasteiger partial charge on any atom is -0.424 e. The predicted octanol–water partition coefficient (Wildman–Crippen LogP) is 1.89. The molecule has 0 saturated carbocycles. The number of nitrogens with one attached hydrogen (secondary N) is 1. The van der Waals surface area contributed by atoms with Crippen molar-refractivity contribution in [3.63, 3.8) is 0 Å². The summed E-state index contributed by atoms with van der Waals surface area (Å²) in [5, 5.41) is 12.1. The Hall–Kier alpha value is -1.26. The Balaban J connectivity index is 2.32. The van der Waals surface area contributed by atoms with Gasteiger partial charge in [-0.1, -0.05) is 11.6 Å². The van der Waals surface area contributed by atoms with Crippen molar-refractivity contribution in [2.75, 3.05) is 18.5 Å². The number of oxazole rings is 1. The molecule has 0 unspecified atom stereocenters. The molecule has 4 nitrogen and oxygen atoms in total. The molecule has 0 amide bonds. The minimum absolute atomic E-state index is 0.0412. The van der Waals surface area contributed by atoms with E-state index >= 15 is 0 Å². The average molecular weight is 213 g/mol. The topological polar surface area (TPSA) is 58.3 Å². The van der Waals surface area contributed by atoms with Gasteiger partial charge in [-0.05, 0) is 18.2 Å². The molecule has 14 heavy (non-hydrogen) atoms. The van der Waals surface area contributed by atoms with Crippen LogP contribution in [0.4, 0.5) is 6.01 Å². The fourth-order valence-corrected chi connectivity index (χ4v) is 1.31. The van der Waals surface area contributed by atoms with Crippen LogP contribution in [0.15, 0.2) is 22.6 Å². The third-order valence-electron chi connectivity index (χ3n) is 1.74. The number of benzene rings is 1. The fraction of sp³-hybridized carbons (Fsp3) is 0.222. The van der Waals surface area contributed by atoms with E-state index in [2.05, 4.69) is 10.3 Å². The molecule has 0 saturated heterocycles. The Bertz CT molecular complexity index is 441. The molecule has 2 N–H and O–H groups in total. The second kappa shape index (κ2) is 3.86. The van der Waals surface area contributed by atoms with E-state index in [9.17, 15) is 0 Å². The molecule has 0 atom stereocenters. The molecule has 0 aliphatic heterocycles. The van der Waals surface area contributed by atoms with Crippen LogP contribution in [0.2, 0.25) is 5.02 Å². The monoisotopic (exact) mass is 212 g/mol. The zero-order chi connectivity index (χ0) is 9.97. The van der Waals surface area contributed by atoms with E-state index in [-0.39, 0.29) is 6.61 Å². The van der Waals surface area contributed by atoms with Gasteiger partial charge in [0.1, 0.15) is 5.52 Å². The first kappa shape index (κ1) is 9.30. The Morgan fingerprint density at radius 3 is 3.14 bits per heavy atom. The van der Waals surface area contributed by atoms with Gasteiger partial charge >= 0.3 is 0 Å². The maximum absolute atomic E-state index is 8.59. The van der Waals surface area contributed by atoms with Crippen LogP contribution in [-0.4, -0.2) is 23.2 Å². The van der Waals surface area contributed by atoms with Gasteiger partial charge in [0, 0.05) is 11.6 Å². The lowest BCUT2D eigenvalue weighted by Crippen LogP contribution is -2.05. The van der Waals surface area contributed by atoms with Crippen molar-refractivity contribution in [1.29, 1.82) is 0 Å². The molecule has 1 heterocycles. The largest absolute Gasteiger partial charge is 0.424 e. The van der Waals surface area contributed by atoms with Crippen molar-refractivity contribution < 1.29 is 9.52 Å². The van der Waals surface area contributed by atoms with Crippen LogP contribution in [-0.2, 0) is 0 Å². The molecule has 1 aromatic heterocycles. The summed E-state index contributed by atoms with van der Waals surface area (Å²) >= 11 is 5.79. The van der Waals surface area contributed by atoms with E-state index in [1.165, 1.54) is 0 Å². The number of hydrogen-bond acceptors (Lipinski definition) is 4. The van der Waals surface area contributed by atoms with Gasteiger partial charge in [0.15, 0.2) is 5.58 Å². The highest BCUT2D eigenvalue weighted by Crippen LogP contribution is 2.21. The summed E-state index contributed by atoms with van der Waals surface area (Å²) < 4.78 is 5.33. The molecule has 0 spiro atoms. The molecule has 2 rings (SSSR count). The lowest BCUT2D eigenvalue weighted by atomic mass is 10.3. The molecule has 0 bridgehead atoms. The summed E-state index contributed by atoms with van der Waals surface area (Å²) in [7, 11) is 0.